The van der Waals surface area contributed by atoms with E-state index in [1.54, 1.807) is 26.1 Å². The Morgan fingerprint density at radius 1 is 0.899 bits per heavy atom. The van der Waals surface area contributed by atoms with Gasteiger partial charge in [0.2, 0.25) is 16.9 Å². The van der Waals surface area contributed by atoms with Crippen LogP contribution in [0.3, 0.4) is 0 Å². The van der Waals surface area contributed by atoms with Crippen molar-refractivity contribution in [3.8, 4) is 0 Å². The first-order chi connectivity index (χ1) is 33.0. The third-order valence-corrected chi connectivity index (χ3v) is 14.2. The number of tetrazole rings is 1. The highest BCUT2D eigenvalue weighted by atomic mass is 32.2. The summed E-state index contributed by atoms with van der Waals surface area (Å²) in [5.74, 6) is -2.70. The highest BCUT2D eigenvalue weighted by Crippen LogP contribution is 2.42. The number of amides is 6. The van der Waals surface area contributed by atoms with Gasteiger partial charge in [-0.25, -0.2) is 14.3 Å². The van der Waals surface area contributed by atoms with E-state index in [-0.39, 0.29) is 29.6 Å². The topological polar surface area (TPSA) is 279 Å². The molecule has 24 heteroatoms. The Balaban J connectivity index is 0.000000563. The van der Waals surface area contributed by atoms with Crippen molar-refractivity contribution in [2.45, 2.75) is 47.5 Å². The van der Waals surface area contributed by atoms with Crippen molar-refractivity contribution in [1.29, 1.82) is 0 Å². The van der Waals surface area contributed by atoms with E-state index in [1.165, 1.54) is 74.4 Å². The molecule has 0 bridgehead atoms. The molecule has 3 aliphatic heterocycles. The Labute approximate surface area is 404 Å². The number of ether oxygens (including phenoxy) is 2. The number of urea groups is 1. The lowest BCUT2D eigenvalue weighted by Gasteiger charge is -2.49. The van der Waals surface area contributed by atoms with Crippen LogP contribution in [0.15, 0.2) is 131 Å². The zero-order valence-corrected chi connectivity index (χ0v) is 39.6. The number of nitrogens with one attached hydrogen (secondary N) is 2. The Bertz CT molecular complexity index is 2810. The summed E-state index contributed by atoms with van der Waals surface area (Å²) in [7, 11) is -2.34. The van der Waals surface area contributed by atoms with Gasteiger partial charge >= 0.3 is 24.0 Å². The summed E-state index contributed by atoms with van der Waals surface area (Å²) in [5.41, 5.74) is 9.53. The summed E-state index contributed by atoms with van der Waals surface area (Å²) >= 11 is 2.61. The number of nitrogens with zero attached hydrogens (tertiary/aromatic N) is 7. The van der Waals surface area contributed by atoms with Crippen LogP contribution < -0.4 is 16.4 Å². The summed E-state index contributed by atoms with van der Waals surface area (Å²) in [5, 5.41) is 16.6. The molecule has 8 rings (SSSR count). The number of aryl methyl sites for hydroxylation is 2. The van der Waals surface area contributed by atoms with Gasteiger partial charge in [-0.2, -0.15) is 8.42 Å². The molecule has 0 unspecified atom stereocenters. The van der Waals surface area contributed by atoms with Crippen molar-refractivity contribution < 1.29 is 51.2 Å². The molecule has 4 heterocycles. The normalized spacial score (nSPS) is 17.3. The lowest BCUT2D eigenvalue weighted by molar-refractivity contribution is -0.153. The van der Waals surface area contributed by atoms with Crippen LogP contribution in [0.5, 0.6) is 0 Å². The summed E-state index contributed by atoms with van der Waals surface area (Å²) in [4.78, 5) is 83.8. The first kappa shape index (κ1) is 49.6. The van der Waals surface area contributed by atoms with E-state index >= 15 is 0 Å². The number of β-lactam (4-membered cyclic amide) rings is 1. The number of nitrogens with two attached hydrogens (primary N) is 1. The van der Waals surface area contributed by atoms with Gasteiger partial charge in [0.05, 0.1) is 4.90 Å². The summed E-state index contributed by atoms with van der Waals surface area (Å²) in [6.07, 6.45) is -1.88. The molecule has 0 saturated carbocycles. The fourth-order valence-corrected chi connectivity index (χ4v) is 9.99. The van der Waals surface area contributed by atoms with E-state index in [0.29, 0.717) is 45.4 Å². The first-order valence-corrected chi connectivity index (χ1v) is 24.6. The number of anilines is 1. The average molecular weight is 999 g/mol. The number of carbonyl (C=O) groups excluding carboxylic acids is 6. The number of likely N-dealkylation sites (N-methyl/N-ethyl adjacent to an activating group) is 1. The molecule has 3 aliphatic rings. The molecule has 0 aliphatic carbocycles. The number of fused-ring (bicyclic) bond motifs is 1. The van der Waals surface area contributed by atoms with Gasteiger partial charge in [-0.1, -0.05) is 102 Å². The fourth-order valence-electron chi connectivity index (χ4n) is 7.21. The Morgan fingerprint density at radius 2 is 1.54 bits per heavy atom. The highest BCUT2D eigenvalue weighted by molar-refractivity contribution is 8.01. The number of benzene rings is 4. The number of thioether (sulfide) groups is 2. The van der Waals surface area contributed by atoms with Crippen LogP contribution >= 0.6 is 23.5 Å². The molecule has 6 amide bonds. The van der Waals surface area contributed by atoms with Gasteiger partial charge in [0.25, 0.3) is 16.0 Å². The van der Waals surface area contributed by atoms with E-state index in [1.807, 2.05) is 67.6 Å². The van der Waals surface area contributed by atoms with Crippen LogP contribution in [0.4, 0.5) is 15.3 Å². The van der Waals surface area contributed by atoms with Crippen LogP contribution in [-0.2, 0) is 45.8 Å². The van der Waals surface area contributed by atoms with Gasteiger partial charge in [0.15, 0.2) is 6.10 Å². The van der Waals surface area contributed by atoms with Gasteiger partial charge < -0.3 is 30.7 Å². The monoisotopic (exact) mass is 998 g/mol. The largest absolute Gasteiger partial charge is 0.516 e. The van der Waals surface area contributed by atoms with Crippen molar-refractivity contribution in [2.24, 2.45) is 7.05 Å². The molecule has 5 aromatic rings. The molecule has 4 aromatic carbocycles. The van der Waals surface area contributed by atoms with Crippen molar-refractivity contribution in [1.82, 2.24) is 45.5 Å². The van der Waals surface area contributed by atoms with E-state index in [9.17, 15) is 37.2 Å². The maximum atomic E-state index is 14.0. The number of aromatic nitrogens is 4. The zero-order valence-electron chi connectivity index (χ0n) is 37.2. The van der Waals surface area contributed by atoms with Gasteiger partial charge in [-0.05, 0) is 65.2 Å². The highest BCUT2D eigenvalue weighted by Gasteiger charge is 2.55. The van der Waals surface area contributed by atoms with Crippen LogP contribution in [0.1, 0.15) is 41.3 Å². The molecule has 21 nitrogen and oxygen atoms in total. The number of carbonyl (C=O) groups is 6. The SMILES string of the molecule is CCN1CCN(C(=O)N[C@@H](C(=O)N[C@@H]2C(=O)N3C(OC(=O)OC(c4ccccc4)c4ccccc4)=C(CSc4nnnn4C)CS[C@@H]23)c2ccc(N)cc2)C(=O)C1=O.Cc1ccc(S(=O)(=O)O)cc1. The molecule has 2 fully saturated rings. The third kappa shape index (κ3) is 11.7. The second kappa shape index (κ2) is 21.8. The number of piperazine rings is 1. The predicted octanol–water partition coefficient (Wildman–Crippen LogP) is 3.82. The second-order valence-corrected chi connectivity index (χ2v) is 19.0. The molecule has 5 N–H and O–H groups in total. The predicted molar refractivity (Wildman–Crippen MR) is 251 cm³/mol. The average Bonchev–Trinajstić information content (AvgIpc) is 3.76. The van der Waals surface area contributed by atoms with Crippen molar-refractivity contribution in [2.75, 3.05) is 36.9 Å². The number of hydrogen-bond acceptors (Lipinski definition) is 16. The molecule has 69 heavy (non-hydrogen) atoms. The number of nitrogen functional groups attached to an aromatic ring is 1. The van der Waals surface area contributed by atoms with Crippen LogP contribution in [0, 0.1) is 6.92 Å². The molecular weight excluding hydrogens is 953 g/mol. The molecule has 0 radical (unpaired) electrons. The Hall–Kier alpha value is -7.28. The number of rotatable bonds is 13. The van der Waals surface area contributed by atoms with Crippen molar-refractivity contribution in [3.05, 3.63) is 143 Å². The minimum absolute atomic E-state index is 0.0375. The fraction of sp³-hybridized carbons (Fsp3) is 0.267. The maximum absolute atomic E-state index is 14.0. The zero-order chi connectivity index (χ0) is 49.4. The summed E-state index contributed by atoms with van der Waals surface area (Å²) in [6, 6.07) is 27.0. The maximum Gasteiger partial charge on any atom is 0.516 e. The quantitative estimate of drug-likeness (QED) is 0.0326. The lowest BCUT2D eigenvalue weighted by atomic mass is 10.0. The van der Waals surface area contributed by atoms with Crippen LogP contribution in [0.25, 0.3) is 0 Å². The van der Waals surface area contributed by atoms with Gasteiger partial charge in [-0.15, -0.1) is 16.9 Å². The van der Waals surface area contributed by atoms with Crippen molar-refractivity contribution >= 4 is 75.1 Å². The first-order valence-electron chi connectivity index (χ1n) is 21.2. The molecule has 0 spiro atoms. The minimum atomic E-state index is -4.02. The molecular formula is C45H46N10O11S3. The molecule has 1 aromatic heterocycles. The second-order valence-electron chi connectivity index (χ2n) is 15.5. The van der Waals surface area contributed by atoms with Gasteiger partial charge in [0, 0.05) is 49.4 Å². The molecule has 360 valence electrons. The van der Waals surface area contributed by atoms with E-state index < -0.39 is 69.5 Å². The summed E-state index contributed by atoms with van der Waals surface area (Å²) < 4.78 is 42.9. The smallest absolute Gasteiger partial charge is 0.421 e. The summed E-state index contributed by atoms with van der Waals surface area (Å²) in [6.45, 7) is 3.93. The standard InChI is InChI=1S/C38H38N10O8S2.C7H8O3S/c1-3-46-18-19-47(33(52)32(46)51)36(53)41-27(22-14-16-26(39)17-15-22)30(49)40-28-31(50)48-34(25(20-57-35(28)48)21-58-37-42-43-44-45(37)2)56-38(54)55-29(23-10-6-4-7-11-23)24-12-8-5-9-13-24;1-6-2-4-7(5-3-6)11(8,9)10/h4-17,27-29,35H,3,18-21,39H2,1-2H3,(H,40,49)(H,41,53);2-5H,1H3,(H,8,9,10)/t27-,28-,35+;/m1./s1. The number of imide groups is 1. The van der Waals surface area contributed by atoms with E-state index in [4.69, 9.17) is 19.8 Å². The minimum Gasteiger partial charge on any atom is -0.421 e. The molecule has 3 atom stereocenters. The van der Waals surface area contributed by atoms with Crippen LogP contribution in [0.2, 0.25) is 0 Å². The van der Waals surface area contributed by atoms with Crippen LogP contribution in [-0.4, -0.2) is 126 Å². The van der Waals surface area contributed by atoms with E-state index in [0.717, 1.165) is 10.5 Å². The Kier molecular flexibility index (Phi) is 15.7. The third-order valence-electron chi connectivity index (χ3n) is 10.9. The van der Waals surface area contributed by atoms with Gasteiger partial charge in [0.1, 0.15) is 17.5 Å². The number of hydrogen-bond donors (Lipinski definition) is 4. The van der Waals surface area contributed by atoms with E-state index in [2.05, 4.69) is 26.2 Å². The molecule has 2 saturated heterocycles. The lowest BCUT2D eigenvalue weighted by Crippen LogP contribution is -2.71. The van der Waals surface area contributed by atoms with Crippen molar-refractivity contribution in [3.63, 3.8) is 0 Å². The van der Waals surface area contributed by atoms with Gasteiger partial charge in [-0.3, -0.25) is 33.5 Å². The Morgan fingerprint density at radius 3 is 2.12 bits per heavy atom.